The fourth-order valence-electron chi connectivity index (χ4n) is 4.24. The smallest absolute Gasteiger partial charge is 0.408 e. The lowest BCUT2D eigenvalue weighted by molar-refractivity contribution is -0.138. The van der Waals surface area contributed by atoms with Crippen molar-refractivity contribution in [1.82, 2.24) is 24.8 Å². The highest BCUT2D eigenvalue weighted by Gasteiger charge is 2.48. The van der Waals surface area contributed by atoms with Gasteiger partial charge in [0.15, 0.2) is 23.7 Å². The fourth-order valence-corrected chi connectivity index (χ4v) is 6.71. The molecule has 1 fully saturated rings. The third kappa shape index (κ3) is 6.95. The molecule has 1 aliphatic heterocycles. The van der Waals surface area contributed by atoms with Gasteiger partial charge >= 0.3 is 12.1 Å². The van der Waals surface area contributed by atoms with Crippen molar-refractivity contribution in [1.29, 1.82) is 0 Å². The summed E-state index contributed by atoms with van der Waals surface area (Å²) in [5.74, 6) is -0.266. The Balaban J connectivity index is 1.54. The van der Waals surface area contributed by atoms with E-state index in [1.54, 1.807) is 20.8 Å². The zero-order chi connectivity index (χ0) is 28.3. The number of imidazole rings is 1. The number of aliphatic hydroxyl groups is 2. The monoisotopic (exact) mass is 561 g/mol. The van der Waals surface area contributed by atoms with Crippen LogP contribution in [0.2, 0.25) is 0 Å². The van der Waals surface area contributed by atoms with E-state index in [1.807, 2.05) is 30.3 Å². The van der Waals surface area contributed by atoms with Crippen molar-refractivity contribution in [2.24, 2.45) is 0 Å². The van der Waals surface area contributed by atoms with Crippen LogP contribution in [0.1, 0.15) is 32.6 Å². The summed E-state index contributed by atoms with van der Waals surface area (Å²) in [6.45, 7) is 5.06. The molecule has 3 aromatic rings. The number of hydrogen-bond donors (Lipinski definition) is 5. The number of carboxylic acids is 1. The summed E-state index contributed by atoms with van der Waals surface area (Å²) in [4.78, 5) is 36.7. The minimum Gasteiger partial charge on any atom is -0.480 e. The van der Waals surface area contributed by atoms with Gasteiger partial charge in [0, 0.05) is 5.56 Å². The van der Waals surface area contributed by atoms with Crippen molar-refractivity contribution in [2.75, 3.05) is 17.2 Å². The molecule has 4 rings (SSSR count). The number of rotatable bonds is 9. The van der Waals surface area contributed by atoms with Gasteiger partial charge in [0.05, 0.1) is 6.33 Å². The number of amides is 1. The molecular weight excluding hydrogens is 528 g/mol. The molecule has 39 heavy (non-hydrogen) atoms. The Kier molecular flexibility index (Phi) is 8.59. The molecular formula is C25H33N6O7S+. The molecule has 0 bridgehead atoms. The van der Waals surface area contributed by atoms with Crippen LogP contribution in [0, 0.1) is 0 Å². The Bertz CT molecular complexity index is 1300. The standard InChI is InChI=1S/C25H32N6O7S/c1-25(2,3)38-24(36)30-15(23(34)35)10-39(9-14-7-5-4-6-8-14)11-16-18(32)19(33)22(37-16)31-13-29-17-20(26)27-12-28-21(17)31/h4-8,12-13,15-16,18-19,22,32-33H,9-11H2,1-3H3,(H3-,26,27,28,30,34,35,36)/p+1/t15-,16+,18-,19?,22+,39?/m0/s1. The average molecular weight is 562 g/mol. The minimum atomic E-state index is -1.30. The van der Waals surface area contributed by atoms with Gasteiger partial charge in [0.25, 0.3) is 0 Å². The molecule has 1 amide bonds. The highest BCUT2D eigenvalue weighted by atomic mass is 32.2. The summed E-state index contributed by atoms with van der Waals surface area (Å²) in [6.07, 6.45) is -2.55. The first-order valence-corrected chi connectivity index (χ1v) is 14.0. The number of aromatic nitrogens is 4. The van der Waals surface area contributed by atoms with Crippen LogP contribution in [0.15, 0.2) is 43.0 Å². The number of anilines is 1. The summed E-state index contributed by atoms with van der Waals surface area (Å²) >= 11 is 0. The topological polar surface area (TPSA) is 195 Å². The van der Waals surface area contributed by atoms with Gasteiger partial charge in [0.1, 0.15) is 53.0 Å². The third-order valence-corrected chi connectivity index (χ3v) is 8.35. The largest absolute Gasteiger partial charge is 0.480 e. The lowest BCUT2D eigenvalue weighted by Gasteiger charge is -2.23. The summed E-state index contributed by atoms with van der Waals surface area (Å²) < 4.78 is 12.8. The lowest BCUT2D eigenvalue weighted by atomic mass is 10.1. The van der Waals surface area contributed by atoms with E-state index in [4.69, 9.17) is 15.2 Å². The van der Waals surface area contributed by atoms with Gasteiger partial charge in [-0.25, -0.2) is 24.5 Å². The highest BCUT2D eigenvalue weighted by Crippen LogP contribution is 2.33. The quantitative estimate of drug-likeness (QED) is 0.232. The average Bonchev–Trinajstić information content (AvgIpc) is 3.40. The Labute approximate surface area is 227 Å². The molecule has 1 saturated heterocycles. The van der Waals surface area contributed by atoms with Gasteiger partial charge in [0.2, 0.25) is 0 Å². The van der Waals surface area contributed by atoms with Crippen LogP contribution in [0.25, 0.3) is 11.2 Å². The van der Waals surface area contributed by atoms with E-state index in [9.17, 15) is 24.9 Å². The maximum absolute atomic E-state index is 12.3. The van der Waals surface area contributed by atoms with Gasteiger partial charge < -0.3 is 35.8 Å². The first-order chi connectivity index (χ1) is 18.4. The van der Waals surface area contributed by atoms with Crippen molar-refractivity contribution < 1.29 is 34.4 Å². The van der Waals surface area contributed by atoms with Crippen LogP contribution >= 0.6 is 0 Å². The number of nitrogens with zero attached hydrogens (tertiary/aromatic N) is 4. The second kappa shape index (κ2) is 11.7. The van der Waals surface area contributed by atoms with Gasteiger partial charge in [-0.05, 0) is 31.7 Å². The van der Waals surface area contributed by atoms with Gasteiger partial charge in [-0.15, -0.1) is 0 Å². The summed E-state index contributed by atoms with van der Waals surface area (Å²) in [5.41, 5.74) is 6.72. The second-order valence-electron chi connectivity index (χ2n) is 10.2. The fraction of sp³-hybridized carbons (Fsp3) is 0.480. The van der Waals surface area contributed by atoms with E-state index in [-0.39, 0.29) is 17.3 Å². The van der Waals surface area contributed by atoms with Crippen LogP contribution in [0.3, 0.4) is 0 Å². The van der Waals surface area contributed by atoms with Gasteiger partial charge in [-0.2, -0.15) is 0 Å². The maximum Gasteiger partial charge on any atom is 0.408 e. The summed E-state index contributed by atoms with van der Waals surface area (Å²) in [7, 11) is -0.701. The molecule has 210 valence electrons. The van der Waals surface area contributed by atoms with Gasteiger partial charge in [-0.1, -0.05) is 30.3 Å². The molecule has 1 aromatic carbocycles. The van der Waals surface area contributed by atoms with E-state index >= 15 is 0 Å². The number of aliphatic hydroxyl groups excluding tert-OH is 2. The first-order valence-electron chi connectivity index (χ1n) is 12.3. The molecule has 3 heterocycles. The van der Waals surface area contributed by atoms with Gasteiger partial charge in [-0.3, -0.25) is 4.57 Å². The molecule has 0 aliphatic carbocycles. The van der Waals surface area contributed by atoms with Crippen LogP contribution in [0.5, 0.6) is 0 Å². The predicted octanol–water partition coefficient (Wildman–Crippen LogP) is 0.824. The number of carbonyl (C=O) groups excluding carboxylic acids is 1. The van der Waals surface area contributed by atoms with Crippen molar-refractivity contribution in [3.63, 3.8) is 0 Å². The van der Waals surface area contributed by atoms with Crippen molar-refractivity contribution in [2.45, 2.75) is 62.7 Å². The number of benzene rings is 1. The van der Waals surface area contributed by atoms with E-state index < -0.39 is 59.1 Å². The Hall–Kier alpha value is -3.46. The molecule has 0 spiro atoms. The maximum atomic E-state index is 12.3. The zero-order valence-corrected chi connectivity index (χ0v) is 22.6. The van der Waals surface area contributed by atoms with Crippen molar-refractivity contribution in [3.05, 3.63) is 48.5 Å². The zero-order valence-electron chi connectivity index (χ0n) is 21.8. The molecule has 6 atom stereocenters. The lowest BCUT2D eigenvalue weighted by Crippen LogP contribution is -2.48. The summed E-state index contributed by atoms with van der Waals surface area (Å²) in [6, 6.07) is 8.24. The molecule has 14 heteroatoms. The van der Waals surface area contributed by atoms with E-state index in [1.165, 1.54) is 17.2 Å². The van der Waals surface area contributed by atoms with Crippen LogP contribution in [-0.4, -0.2) is 88.4 Å². The number of carboxylic acid groups (broad SMARTS) is 1. The number of nitrogen functional groups attached to an aromatic ring is 1. The number of nitrogens with two attached hydrogens (primary N) is 1. The van der Waals surface area contributed by atoms with Crippen LogP contribution in [-0.2, 0) is 30.9 Å². The molecule has 0 saturated carbocycles. The number of ether oxygens (including phenoxy) is 2. The SMILES string of the molecule is CC(C)(C)OC(=O)N[C@@H](C[S+](Cc1ccccc1)C[C@H]1O[C@@H](n2cnc3c(N)ncnc32)C(O)[C@H]1O)C(=O)O. The number of aliphatic carboxylic acids is 1. The minimum absolute atomic E-state index is 0.0641. The number of carbonyl (C=O) groups is 2. The van der Waals surface area contributed by atoms with E-state index in [0.29, 0.717) is 16.9 Å². The normalized spacial score (nSPS) is 22.9. The van der Waals surface area contributed by atoms with Crippen LogP contribution < -0.4 is 11.1 Å². The Morgan fingerprint density at radius 2 is 1.90 bits per heavy atom. The Morgan fingerprint density at radius 1 is 1.18 bits per heavy atom. The number of fused-ring (bicyclic) bond motifs is 1. The summed E-state index contributed by atoms with van der Waals surface area (Å²) in [5, 5.41) is 34.1. The molecule has 2 aromatic heterocycles. The molecule has 6 N–H and O–H groups in total. The molecule has 1 aliphatic rings. The van der Waals surface area contributed by atoms with E-state index in [2.05, 4.69) is 20.3 Å². The Morgan fingerprint density at radius 3 is 2.56 bits per heavy atom. The molecule has 2 unspecified atom stereocenters. The third-order valence-electron chi connectivity index (χ3n) is 6.00. The number of alkyl carbamates (subject to hydrolysis) is 1. The van der Waals surface area contributed by atoms with Crippen molar-refractivity contribution in [3.8, 4) is 0 Å². The molecule has 13 nitrogen and oxygen atoms in total. The van der Waals surface area contributed by atoms with Crippen LogP contribution in [0.4, 0.5) is 10.6 Å². The number of nitrogens with one attached hydrogen (secondary N) is 1. The van der Waals surface area contributed by atoms with Crippen molar-refractivity contribution >= 4 is 39.9 Å². The van der Waals surface area contributed by atoms with E-state index in [0.717, 1.165) is 5.56 Å². The molecule has 0 radical (unpaired) electrons. The number of hydrogen-bond acceptors (Lipinski definition) is 10. The first kappa shape index (κ1) is 28.5. The second-order valence-corrected chi connectivity index (χ2v) is 12.4. The predicted molar refractivity (Wildman–Crippen MR) is 144 cm³/mol. The highest BCUT2D eigenvalue weighted by molar-refractivity contribution is 7.96.